The van der Waals surface area contributed by atoms with Crippen molar-refractivity contribution in [2.75, 3.05) is 54.5 Å². The Morgan fingerprint density at radius 1 is 0.875 bits per heavy atom. The number of carbonyl (C=O) groups excluding carboxylic acids is 3. The number of aliphatic hydroxyl groups is 5. The lowest BCUT2D eigenvalue weighted by atomic mass is 9.72. The van der Waals surface area contributed by atoms with E-state index in [1.165, 1.54) is 62.2 Å². The molecule has 0 spiro atoms. The van der Waals surface area contributed by atoms with Crippen LogP contribution in [0.3, 0.4) is 0 Å². The zero-order chi connectivity index (χ0) is 63.6. The summed E-state index contributed by atoms with van der Waals surface area (Å²) in [6.07, 6.45) is -9.87. The number of likely N-dealkylation sites (N-methyl/N-ethyl adjacent to an activating group) is 1. The van der Waals surface area contributed by atoms with Gasteiger partial charge in [0.15, 0.2) is 41.8 Å². The highest BCUT2D eigenvalue weighted by molar-refractivity contribution is 14.1. The number of ether oxygens (including phenoxy) is 12. The first-order chi connectivity index (χ1) is 42.2. The van der Waals surface area contributed by atoms with E-state index in [1.807, 2.05) is 41.6 Å². The van der Waals surface area contributed by atoms with Gasteiger partial charge in [-0.1, -0.05) is 70.0 Å². The molecule has 19 atom stereocenters. The molecule has 6 aliphatic rings. The van der Waals surface area contributed by atoms with Crippen LogP contribution in [0.2, 0.25) is 0 Å². The van der Waals surface area contributed by atoms with Crippen molar-refractivity contribution in [1.29, 1.82) is 0 Å². The van der Waals surface area contributed by atoms with Crippen molar-refractivity contribution < 1.29 is 102 Å². The second-order valence-corrected chi connectivity index (χ2v) is 26.0. The van der Waals surface area contributed by atoms with Gasteiger partial charge >= 0.3 is 5.97 Å². The van der Waals surface area contributed by atoms with E-state index >= 15 is 0 Å². The minimum atomic E-state index is -2.06. The van der Waals surface area contributed by atoms with Gasteiger partial charge in [0.2, 0.25) is 17.2 Å². The number of ketones is 1. The molecule has 1 aromatic heterocycles. The van der Waals surface area contributed by atoms with Crippen LogP contribution in [0.4, 0.5) is 0 Å². The average Bonchev–Trinajstić information content (AvgIpc) is 2.97. The number of aliphatic hydroxyl groups excluding tert-OH is 4. The minimum absolute atomic E-state index is 0.0199. The summed E-state index contributed by atoms with van der Waals surface area (Å²) in [6.45, 7) is 9.42. The van der Waals surface area contributed by atoms with Crippen LogP contribution in [0.1, 0.15) is 69.3 Å². The SMILES string of the molecule is CCN[C@H]1CO[C@@H](O[C@H]2[C@H](O[C@H]3C#C/C=C\C#C[C@]4(O)CC(=O)C(CC(=O)OC)=C3/C4=C\CSSc3ccncc3)O[C@H](C)[C@@H](NO[C@H]3C[C@H](O)[C@H](SC(=O)c4c(C)c(I)c(O[C@@H]5O[C@@H](C)[C@H](O)[C@@H](OC)[C@H]5O)c(OC)c4OC)[C@@H](C)O3)[C@@H]2O)C[C@@H]1OC. The molecule has 2 bridgehead atoms. The highest BCUT2D eigenvalue weighted by atomic mass is 127. The molecule has 28 heteroatoms. The van der Waals surface area contributed by atoms with Gasteiger partial charge in [-0.05, 0) is 86.7 Å². The van der Waals surface area contributed by atoms with Crippen molar-refractivity contribution in [3.8, 4) is 40.9 Å². The van der Waals surface area contributed by atoms with Gasteiger partial charge in [0.1, 0.15) is 36.6 Å². The Balaban J connectivity index is 1.03. The standard InChI is InChI=1S/C60H76IN3O21S3/c1-11-63-36-28-78-42(26-40(36)73-6)83-54-49(69)47(30(3)80-59(54)82-39-16-14-12-13-15-20-60(72)27-38(66)34(24-41(67)74-7)45(39)35(60)19-23-86-88-33-17-21-62-22-18-33)64-85-43-25-37(65)56(32(5)79-43)87-57(71)44-29(2)46(61)52(55(77-10)51(44)75-8)84-58-50(70)53(76-9)48(68)31(4)81-58/h12-13,17-19,21-22,30-32,36-37,39-40,42-43,47-50,53-54,56,58-59,63-65,68-70,72H,11,23-28H2,1-10H3/b13-12-,35-19+/t30-,31+,32-,36+,37+,39+,40+,42+,43+,47-,48+,49+,50-,53-,54-,56-,58+,59+,60+/m1/s1. The number of methoxy groups -OCH3 is 5. The molecule has 24 nitrogen and oxygen atoms in total. The highest BCUT2D eigenvalue weighted by Crippen LogP contribution is 2.49. The first-order valence-electron chi connectivity index (χ1n) is 28.5. The van der Waals surface area contributed by atoms with Crippen molar-refractivity contribution in [2.45, 2.75) is 180 Å². The molecule has 4 aliphatic heterocycles. The summed E-state index contributed by atoms with van der Waals surface area (Å²) in [4.78, 5) is 53.0. The van der Waals surface area contributed by atoms with E-state index in [9.17, 15) is 39.9 Å². The van der Waals surface area contributed by atoms with Crippen LogP contribution < -0.4 is 25.0 Å². The van der Waals surface area contributed by atoms with E-state index in [0.717, 1.165) is 16.7 Å². The van der Waals surface area contributed by atoms with Crippen LogP contribution >= 0.6 is 55.9 Å². The van der Waals surface area contributed by atoms with Gasteiger partial charge in [-0.3, -0.25) is 24.2 Å². The lowest BCUT2D eigenvalue weighted by molar-refractivity contribution is -0.336. The predicted octanol–water partition coefficient (Wildman–Crippen LogP) is 3.62. The Labute approximate surface area is 537 Å². The van der Waals surface area contributed by atoms with Crippen LogP contribution in [-0.4, -0.2) is 217 Å². The Bertz CT molecular complexity index is 3000. The number of aromatic nitrogens is 1. The molecule has 2 aliphatic carbocycles. The highest BCUT2D eigenvalue weighted by Gasteiger charge is 2.52. The van der Waals surface area contributed by atoms with Crippen molar-refractivity contribution >= 4 is 72.8 Å². The molecule has 4 fully saturated rings. The number of halogens is 1. The molecule has 1 aromatic carbocycles. The summed E-state index contributed by atoms with van der Waals surface area (Å²) in [5.41, 5.74) is 1.66. The van der Waals surface area contributed by atoms with Crippen molar-refractivity contribution in [1.82, 2.24) is 15.8 Å². The number of pyridine rings is 1. The molecule has 0 amide bonds. The van der Waals surface area contributed by atoms with Gasteiger partial charge < -0.3 is 87.7 Å². The predicted molar refractivity (Wildman–Crippen MR) is 330 cm³/mol. The number of Topliss-reactive ketones (excluding diaryl/α,β-unsaturated/α-hetero) is 1. The van der Waals surface area contributed by atoms with Gasteiger partial charge in [0.25, 0.3) is 0 Å². The quantitative estimate of drug-likeness (QED) is 0.0209. The summed E-state index contributed by atoms with van der Waals surface area (Å²) in [7, 11) is 9.76. The monoisotopic (exact) mass is 1400 g/mol. The number of rotatable bonds is 23. The van der Waals surface area contributed by atoms with Gasteiger partial charge in [0, 0.05) is 66.8 Å². The number of hydrogen-bond acceptors (Lipinski definition) is 27. The molecule has 8 rings (SSSR count). The molecule has 88 heavy (non-hydrogen) atoms. The summed E-state index contributed by atoms with van der Waals surface area (Å²) >= 11 is 2.83. The number of nitrogens with one attached hydrogen (secondary N) is 2. The minimum Gasteiger partial charge on any atom is -0.492 e. The van der Waals surface area contributed by atoms with E-state index in [4.69, 9.17) is 61.7 Å². The van der Waals surface area contributed by atoms with E-state index in [-0.39, 0.29) is 76.9 Å². The Hall–Kier alpha value is -3.94. The molecular formula is C60H76IN3O21S3. The number of benzene rings is 1. The molecule has 5 heterocycles. The molecule has 0 radical (unpaired) electrons. The van der Waals surface area contributed by atoms with Crippen LogP contribution in [0.5, 0.6) is 17.2 Å². The van der Waals surface area contributed by atoms with Crippen molar-refractivity contribution in [2.24, 2.45) is 0 Å². The molecule has 4 saturated heterocycles. The van der Waals surface area contributed by atoms with Gasteiger partial charge in [-0.25, -0.2) is 0 Å². The number of hydrogen-bond donors (Lipinski definition) is 7. The number of nitrogens with zero attached hydrogens (tertiary/aromatic N) is 1. The fraction of sp³-hybridized carbons (Fsp3) is 0.600. The zero-order valence-corrected chi connectivity index (χ0v) is 54.8. The van der Waals surface area contributed by atoms with Gasteiger partial charge in [-0.2, -0.15) is 5.48 Å². The van der Waals surface area contributed by atoms with Gasteiger partial charge in [-0.15, -0.1) is 0 Å². The lowest BCUT2D eigenvalue weighted by Gasteiger charge is -2.46. The largest absolute Gasteiger partial charge is 0.492 e. The second kappa shape index (κ2) is 32.1. The summed E-state index contributed by atoms with van der Waals surface area (Å²) in [5.74, 6) is 10.8. The molecular weight excluding hydrogens is 1320 g/mol. The maximum atomic E-state index is 14.5. The van der Waals surface area contributed by atoms with E-state index in [2.05, 4.69) is 39.5 Å². The lowest BCUT2D eigenvalue weighted by Crippen LogP contribution is -2.65. The number of hydroxylamine groups is 1. The number of thioether (sulfide) groups is 1. The Morgan fingerprint density at radius 2 is 1.60 bits per heavy atom. The second-order valence-electron chi connectivity index (χ2n) is 21.3. The number of allylic oxidation sites excluding steroid dienone is 2. The van der Waals surface area contributed by atoms with Gasteiger partial charge in [0.05, 0.1) is 97.8 Å². The first-order valence-corrected chi connectivity index (χ1v) is 32.8. The zero-order valence-electron chi connectivity index (χ0n) is 50.2. The molecule has 7 N–H and O–H groups in total. The number of carbonyl (C=O) groups is 3. The average molecular weight is 1400 g/mol. The van der Waals surface area contributed by atoms with Crippen molar-refractivity contribution in [3.63, 3.8) is 0 Å². The third kappa shape index (κ3) is 16.1. The fourth-order valence-electron chi connectivity index (χ4n) is 11.1. The summed E-state index contributed by atoms with van der Waals surface area (Å²) in [5, 5.41) is 60.5. The Morgan fingerprint density at radius 3 is 2.28 bits per heavy atom. The summed E-state index contributed by atoms with van der Waals surface area (Å²) in [6, 6.07) is 2.43. The van der Waals surface area contributed by atoms with Crippen LogP contribution in [0, 0.1) is 34.2 Å². The smallest absolute Gasteiger partial charge is 0.310 e. The normalized spacial score (nSPS) is 34.8. The third-order valence-corrected chi connectivity index (χ3v) is 20.6. The topological polar surface area (TPSA) is 309 Å². The maximum absolute atomic E-state index is 14.5. The van der Waals surface area contributed by atoms with Crippen LogP contribution in [-0.2, 0) is 57.1 Å². The molecule has 0 saturated carbocycles. The molecule has 0 unspecified atom stereocenters. The summed E-state index contributed by atoms with van der Waals surface area (Å²) < 4.78 is 73.0. The third-order valence-electron chi connectivity index (χ3n) is 15.7. The van der Waals surface area contributed by atoms with Crippen molar-refractivity contribution in [3.05, 3.63) is 74.2 Å². The number of esters is 1. The molecule has 482 valence electrons. The fourth-order valence-corrected chi connectivity index (χ4v) is 14.7. The van der Waals surface area contributed by atoms with Crippen LogP contribution in [0.15, 0.2) is 64.4 Å². The van der Waals surface area contributed by atoms with E-state index < -0.39 is 133 Å². The maximum Gasteiger partial charge on any atom is 0.310 e. The number of fused-ring (bicyclic) bond motifs is 2. The van der Waals surface area contributed by atoms with Crippen LogP contribution in [0.25, 0.3) is 0 Å². The molecule has 2 aromatic rings. The Kier molecular flexibility index (Phi) is 25.5. The van der Waals surface area contributed by atoms with E-state index in [0.29, 0.717) is 15.7 Å². The van der Waals surface area contributed by atoms with E-state index in [1.54, 1.807) is 53.3 Å². The first kappa shape index (κ1) is 69.9.